The normalized spacial score (nSPS) is 11.1. The SMILES string of the molecule is CCN(Cc1nc2ccccc2c(=O)[nH]1)C(=O)Cc1nn(C)c(=O)c2ccccc12. The van der Waals surface area contributed by atoms with Crippen LogP contribution in [0, 0.1) is 0 Å². The Labute approximate surface area is 171 Å². The molecule has 0 bridgehead atoms. The number of nitrogens with zero attached hydrogens (tertiary/aromatic N) is 4. The van der Waals surface area contributed by atoms with Gasteiger partial charge in [-0.2, -0.15) is 5.10 Å². The first-order valence-electron chi connectivity index (χ1n) is 9.68. The average molecular weight is 403 g/mol. The number of fused-ring (bicyclic) bond motifs is 2. The first-order chi connectivity index (χ1) is 14.5. The van der Waals surface area contributed by atoms with Crippen molar-refractivity contribution in [1.82, 2.24) is 24.6 Å². The summed E-state index contributed by atoms with van der Waals surface area (Å²) in [5.74, 6) is 0.261. The van der Waals surface area contributed by atoms with Crippen molar-refractivity contribution in [2.24, 2.45) is 7.05 Å². The summed E-state index contributed by atoms with van der Waals surface area (Å²) in [5.41, 5.74) is 0.693. The molecular weight excluding hydrogens is 382 g/mol. The number of aromatic nitrogens is 4. The lowest BCUT2D eigenvalue weighted by Gasteiger charge is -2.20. The van der Waals surface area contributed by atoms with Crippen molar-refractivity contribution in [1.29, 1.82) is 0 Å². The van der Waals surface area contributed by atoms with Gasteiger partial charge in [-0.3, -0.25) is 14.4 Å². The Kier molecular flexibility index (Phi) is 5.14. The van der Waals surface area contributed by atoms with Gasteiger partial charge in [-0.05, 0) is 25.1 Å². The molecule has 0 spiro atoms. The fraction of sp³-hybridized carbons (Fsp3) is 0.227. The second-order valence-electron chi connectivity index (χ2n) is 7.04. The third-order valence-electron chi connectivity index (χ3n) is 5.09. The molecule has 0 radical (unpaired) electrons. The number of nitrogens with one attached hydrogen (secondary N) is 1. The Bertz CT molecular complexity index is 1370. The van der Waals surface area contributed by atoms with Gasteiger partial charge in [0.2, 0.25) is 5.91 Å². The lowest BCUT2D eigenvalue weighted by Crippen LogP contribution is -2.34. The number of carbonyl (C=O) groups is 1. The zero-order chi connectivity index (χ0) is 21.3. The molecule has 8 nitrogen and oxygen atoms in total. The smallest absolute Gasteiger partial charge is 0.274 e. The molecule has 0 fully saturated rings. The number of aromatic amines is 1. The van der Waals surface area contributed by atoms with Crippen LogP contribution in [0.15, 0.2) is 58.1 Å². The number of likely N-dealkylation sites (N-methyl/N-ethyl adjacent to an activating group) is 1. The molecule has 0 saturated carbocycles. The van der Waals surface area contributed by atoms with Crippen molar-refractivity contribution in [3.8, 4) is 0 Å². The van der Waals surface area contributed by atoms with Gasteiger partial charge in [0, 0.05) is 19.0 Å². The van der Waals surface area contributed by atoms with Crippen LogP contribution in [0.2, 0.25) is 0 Å². The fourth-order valence-corrected chi connectivity index (χ4v) is 3.53. The van der Waals surface area contributed by atoms with Gasteiger partial charge in [-0.1, -0.05) is 30.3 Å². The zero-order valence-electron chi connectivity index (χ0n) is 16.8. The maximum absolute atomic E-state index is 13.0. The minimum Gasteiger partial charge on any atom is -0.335 e. The van der Waals surface area contributed by atoms with E-state index in [4.69, 9.17) is 0 Å². The summed E-state index contributed by atoms with van der Waals surface area (Å²) in [6.07, 6.45) is 0.0420. The maximum atomic E-state index is 13.0. The van der Waals surface area contributed by atoms with Crippen LogP contribution in [0.3, 0.4) is 0 Å². The minimum absolute atomic E-state index is 0.0420. The quantitative estimate of drug-likeness (QED) is 0.547. The van der Waals surface area contributed by atoms with Gasteiger partial charge in [-0.15, -0.1) is 0 Å². The van der Waals surface area contributed by atoms with E-state index in [1.54, 1.807) is 48.3 Å². The van der Waals surface area contributed by atoms with Crippen molar-refractivity contribution in [2.75, 3.05) is 6.54 Å². The molecule has 0 aliphatic carbocycles. The van der Waals surface area contributed by atoms with Crippen LogP contribution in [-0.2, 0) is 24.8 Å². The Hall–Kier alpha value is -3.81. The first kappa shape index (κ1) is 19.5. The number of amides is 1. The number of carbonyl (C=O) groups excluding carboxylic acids is 1. The second-order valence-corrected chi connectivity index (χ2v) is 7.04. The molecule has 4 aromatic rings. The van der Waals surface area contributed by atoms with Gasteiger partial charge in [0.05, 0.1) is 34.9 Å². The maximum Gasteiger partial charge on any atom is 0.274 e. The number of rotatable bonds is 5. The van der Waals surface area contributed by atoms with Crippen molar-refractivity contribution >= 4 is 27.6 Å². The van der Waals surface area contributed by atoms with Crippen LogP contribution < -0.4 is 11.1 Å². The predicted octanol–water partition coefficient (Wildman–Crippen LogP) is 1.76. The van der Waals surface area contributed by atoms with Crippen LogP contribution in [0.5, 0.6) is 0 Å². The van der Waals surface area contributed by atoms with Crippen molar-refractivity contribution in [2.45, 2.75) is 19.9 Å². The van der Waals surface area contributed by atoms with Crippen LogP contribution in [0.4, 0.5) is 0 Å². The average Bonchev–Trinajstić information content (AvgIpc) is 2.75. The van der Waals surface area contributed by atoms with E-state index in [2.05, 4.69) is 15.1 Å². The molecule has 152 valence electrons. The lowest BCUT2D eigenvalue weighted by atomic mass is 10.1. The topological polar surface area (TPSA) is 101 Å². The molecule has 2 aromatic carbocycles. The molecule has 0 aliphatic heterocycles. The van der Waals surface area contributed by atoms with Gasteiger partial charge < -0.3 is 9.88 Å². The summed E-state index contributed by atoms with van der Waals surface area (Å²) in [6, 6.07) is 14.2. The molecular formula is C22H21N5O3. The van der Waals surface area contributed by atoms with Gasteiger partial charge in [0.1, 0.15) is 5.82 Å². The molecule has 2 heterocycles. The van der Waals surface area contributed by atoms with Crippen LogP contribution in [0.1, 0.15) is 18.4 Å². The monoisotopic (exact) mass is 403 g/mol. The number of H-pyrrole nitrogens is 1. The highest BCUT2D eigenvalue weighted by molar-refractivity contribution is 5.88. The second kappa shape index (κ2) is 7.90. The van der Waals surface area contributed by atoms with E-state index in [9.17, 15) is 14.4 Å². The standard InChI is InChI=1S/C22H21N5O3/c1-3-27(13-19-23-17-11-7-6-10-16(17)21(29)24-19)20(28)12-18-14-8-4-5-9-15(14)22(30)26(2)25-18/h4-11H,3,12-13H2,1-2H3,(H,23,24,29). The molecule has 4 rings (SSSR count). The summed E-state index contributed by atoms with van der Waals surface area (Å²) in [4.78, 5) is 46.5. The summed E-state index contributed by atoms with van der Waals surface area (Å²) in [6.45, 7) is 2.49. The van der Waals surface area contributed by atoms with E-state index in [1.807, 2.05) is 19.1 Å². The van der Waals surface area contributed by atoms with Crippen molar-refractivity contribution in [3.05, 3.63) is 80.8 Å². The molecule has 8 heteroatoms. The molecule has 0 saturated heterocycles. The Morgan fingerprint density at radius 3 is 2.43 bits per heavy atom. The predicted molar refractivity (Wildman–Crippen MR) is 114 cm³/mol. The highest BCUT2D eigenvalue weighted by Gasteiger charge is 2.18. The summed E-state index contributed by atoms with van der Waals surface area (Å²) < 4.78 is 1.25. The highest BCUT2D eigenvalue weighted by atomic mass is 16.2. The summed E-state index contributed by atoms with van der Waals surface area (Å²) >= 11 is 0. The highest BCUT2D eigenvalue weighted by Crippen LogP contribution is 2.15. The summed E-state index contributed by atoms with van der Waals surface area (Å²) in [5, 5.41) is 6.01. The zero-order valence-corrected chi connectivity index (χ0v) is 16.8. The number of para-hydroxylation sites is 1. The van der Waals surface area contributed by atoms with E-state index in [0.717, 1.165) is 0 Å². The van der Waals surface area contributed by atoms with Crippen molar-refractivity contribution < 1.29 is 4.79 Å². The number of benzene rings is 2. The van der Waals surface area contributed by atoms with Gasteiger partial charge >= 0.3 is 0 Å². The van der Waals surface area contributed by atoms with Gasteiger partial charge in [-0.25, -0.2) is 9.67 Å². The van der Waals surface area contributed by atoms with E-state index in [-0.39, 0.29) is 30.0 Å². The van der Waals surface area contributed by atoms with E-state index in [1.165, 1.54) is 4.68 Å². The number of aryl methyl sites for hydroxylation is 1. The summed E-state index contributed by atoms with van der Waals surface area (Å²) in [7, 11) is 1.57. The fourth-order valence-electron chi connectivity index (χ4n) is 3.53. The molecule has 0 unspecified atom stereocenters. The van der Waals surface area contributed by atoms with Crippen LogP contribution in [0.25, 0.3) is 21.7 Å². The van der Waals surface area contributed by atoms with Gasteiger partial charge in [0.15, 0.2) is 0 Å². The molecule has 0 atom stereocenters. The minimum atomic E-state index is -0.232. The molecule has 2 aromatic heterocycles. The van der Waals surface area contributed by atoms with Gasteiger partial charge in [0.25, 0.3) is 11.1 Å². The number of hydrogen-bond donors (Lipinski definition) is 1. The molecule has 1 amide bonds. The number of hydrogen-bond acceptors (Lipinski definition) is 5. The molecule has 0 aliphatic rings. The molecule has 30 heavy (non-hydrogen) atoms. The Balaban J connectivity index is 1.63. The van der Waals surface area contributed by atoms with E-state index in [0.29, 0.717) is 39.7 Å². The third kappa shape index (κ3) is 3.59. The third-order valence-corrected chi connectivity index (χ3v) is 5.09. The van der Waals surface area contributed by atoms with Crippen molar-refractivity contribution in [3.63, 3.8) is 0 Å². The van der Waals surface area contributed by atoms with Crippen LogP contribution >= 0.6 is 0 Å². The first-order valence-corrected chi connectivity index (χ1v) is 9.68. The molecule has 1 N–H and O–H groups in total. The van der Waals surface area contributed by atoms with E-state index < -0.39 is 0 Å². The van der Waals surface area contributed by atoms with Crippen LogP contribution in [-0.4, -0.2) is 37.1 Å². The Morgan fingerprint density at radius 2 is 1.70 bits per heavy atom. The Morgan fingerprint density at radius 1 is 1.03 bits per heavy atom. The largest absolute Gasteiger partial charge is 0.335 e. The van der Waals surface area contributed by atoms with E-state index >= 15 is 0 Å². The lowest BCUT2D eigenvalue weighted by molar-refractivity contribution is -0.131.